The van der Waals surface area contributed by atoms with Crippen LogP contribution in [0.1, 0.15) is 40.0 Å². The van der Waals surface area contributed by atoms with E-state index in [4.69, 9.17) is 4.74 Å². The van der Waals surface area contributed by atoms with Crippen LogP contribution in [0.4, 0.5) is 0 Å². The van der Waals surface area contributed by atoms with E-state index in [1.54, 1.807) is 0 Å². The Kier molecular flexibility index (Phi) is 4.56. The lowest BCUT2D eigenvalue weighted by Crippen LogP contribution is -2.42. The second-order valence-electron chi connectivity index (χ2n) is 8.40. The van der Waals surface area contributed by atoms with Crippen LogP contribution in [0.15, 0.2) is 23.9 Å². The van der Waals surface area contributed by atoms with Gasteiger partial charge in [0.1, 0.15) is 0 Å². The number of hydrogen-bond donors (Lipinski definition) is 1. The lowest BCUT2D eigenvalue weighted by Gasteiger charge is -2.41. The Morgan fingerprint density at radius 3 is 2.32 bits per heavy atom. The van der Waals surface area contributed by atoms with E-state index in [2.05, 4.69) is 27.4 Å². The van der Waals surface area contributed by atoms with Crippen LogP contribution in [0.3, 0.4) is 0 Å². The van der Waals surface area contributed by atoms with Gasteiger partial charge in [-0.2, -0.15) is 0 Å². The molecule has 25 heavy (non-hydrogen) atoms. The van der Waals surface area contributed by atoms with E-state index in [1.165, 1.54) is 6.08 Å². The second-order valence-corrected chi connectivity index (χ2v) is 8.40. The minimum Gasteiger partial charge on any atom is -0.478 e. The molecule has 2 saturated carbocycles. The first-order valence-corrected chi connectivity index (χ1v) is 9.21. The molecule has 1 N–H and O–H groups in total. The zero-order valence-corrected chi connectivity index (χ0v) is 15.5. The van der Waals surface area contributed by atoms with E-state index in [-0.39, 0.29) is 22.5 Å². The maximum absolute atomic E-state index is 12.7. The minimum atomic E-state index is -0.966. The van der Waals surface area contributed by atoms with E-state index in [1.807, 2.05) is 4.90 Å². The summed E-state index contributed by atoms with van der Waals surface area (Å²) in [6.07, 6.45) is 4.26. The van der Waals surface area contributed by atoms with Crippen LogP contribution < -0.4 is 0 Å². The standard InChI is InChI=1S/C20H29NO4/c1-5-15(22)17(21-8-10-25-11-9-21)16(18(23)24)14-12-13-6-7-20(14,4)19(13,2)3/h5,13-14H,1,6-12H2,2-4H3,(H,23,24)/t13-,14?,20-/m1/s1. The summed E-state index contributed by atoms with van der Waals surface area (Å²) in [5, 5.41) is 10.1. The summed E-state index contributed by atoms with van der Waals surface area (Å²) in [5.41, 5.74) is 0.626. The number of ketones is 1. The summed E-state index contributed by atoms with van der Waals surface area (Å²) in [6, 6.07) is 0. The number of ether oxygens (including phenoxy) is 1. The maximum Gasteiger partial charge on any atom is 0.334 e. The second kappa shape index (κ2) is 6.27. The lowest BCUT2D eigenvalue weighted by atomic mass is 9.64. The number of fused-ring (bicyclic) bond motifs is 2. The van der Waals surface area contributed by atoms with Gasteiger partial charge in [-0.05, 0) is 48.0 Å². The number of carboxylic acids is 1. The molecule has 3 atom stereocenters. The van der Waals surface area contributed by atoms with Crippen molar-refractivity contribution in [3.8, 4) is 0 Å². The van der Waals surface area contributed by atoms with Gasteiger partial charge in [0.15, 0.2) is 0 Å². The average Bonchev–Trinajstić information content (AvgIpc) is 2.92. The average molecular weight is 347 g/mol. The number of morpholine rings is 1. The molecule has 138 valence electrons. The molecule has 0 aromatic rings. The zero-order valence-electron chi connectivity index (χ0n) is 15.5. The van der Waals surface area contributed by atoms with Crippen molar-refractivity contribution in [1.29, 1.82) is 0 Å². The maximum atomic E-state index is 12.7. The monoisotopic (exact) mass is 347 g/mol. The van der Waals surface area contributed by atoms with Crippen LogP contribution in [0, 0.1) is 22.7 Å². The van der Waals surface area contributed by atoms with Crippen LogP contribution in [0.2, 0.25) is 0 Å². The van der Waals surface area contributed by atoms with Gasteiger partial charge >= 0.3 is 5.97 Å². The third-order valence-electron chi connectivity index (χ3n) is 7.37. The molecule has 5 heteroatoms. The first-order valence-electron chi connectivity index (χ1n) is 9.21. The molecule has 1 unspecified atom stereocenters. The highest BCUT2D eigenvalue weighted by molar-refractivity contribution is 6.08. The Bertz CT molecular complexity index is 630. The summed E-state index contributed by atoms with van der Waals surface area (Å²) < 4.78 is 5.38. The highest BCUT2D eigenvalue weighted by Gasteiger charge is 2.63. The number of carboxylic acid groups (broad SMARTS) is 1. The Hall–Kier alpha value is -1.62. The number of allylic oxidation sites excluding steroid dienone is 1. The first-order chi connectivity index (χ1) is 11.7. The van der Waals surface area contributed by atoms with Crippen molar-refractivity contribution in [2.75, 3.05) is 26.3 Å². The van der Waals surface area contributed by atoms with Gasteiger partial charge in [-0.15, -0.1) is 0 Å². The van der Waals surface area contributed by atoms with Crippen molar-refractivity contribution in [2.24, 2.45) is 22.7 Å². The SMILES string of the molecule is C=CC(=O)C(=C(C(=O)O)C1C[C@H]2CC[C@@]1(C)C2(C)C)N1CCOCC1. The number of nitrogens with zero attached hydrogens (tertiary/aromatic N) is 1. The summed E-state index contributed by atoms with van der Waals surface area (Å²) in [5.74, 6) is -0.836. The summed E-state index contributed by atoms with van der Waals surface area (Å²) in [6.45, 7) is 12.4. The fraction of sp³-hybridized carbons (Fsp3) is 0.700. The molecule has 1 saturated heterocycles. The first kappa shape index (κ1) is 18.2. The van der Waals surface area contributed by atoms with Crippen LogP contribution in [-0.2, 0) is 14.3 Å². The predicted octanol–water partition coefficient (Wildman–Crippen LogP) is 2.87. The fourth-order valence-corrected chi connectivity index (χ4v) is 5.40. The normalized spacial score (nSPS) is 34.6. The molecule has 1 aliphatic heterocycles. The van der Waals surface area contributed by atoms with Crippen LogP contribution >= 0.6 is 0 Å². The Balaban J connectivity index is 2.12. The number of aliphatic carboxylic acids is 1. The van der Waals surface area contributed by atoms with E-state index in [0.717, 1.165) is 19.3 Å². The van der Waals surface area contributed by atoms with Gasteiger partial charge in [0.2, 0.25) is 5.78 Å². The van der Waals surface area contributed by atoms with Crippen molar-refractivity contribution < 1.29 is 19.4 Å². The number of hydrogen-bond acceptors (Lipinski definition) is 4. The van der Waals surface area contributed by atoms with Crippen molar-refractivity contribution in [2.45, 2.75) is 40.0 Å². The summed E-state index contributed by atoms with van der Waals surface area (Å²) in [7, 11) is 0. The molecule has 1 heterocycles. The van der Waals surface area contributed by atoms with E-state index >= 15 is 0 Å². The molecule has 2 aliphatic carbocycles. The summed E-state index contributed by atoms with van der Waals surface area (Å²) in [4.78, 5) is 26.9. The van der Waals surface area contributed by atoms with E-state index in [0.29, 0.717) is 43.5 Å². The molecule has 0 spiro atoms. The van der Waals surface area contributed by atoms with Gasteiger partial charge in [0, 0.05) is 13.1 Å². The number of carbonyl (C=O) groups excluding carboxylic acids is 1. The molecule has 0 amide bonds. The van der Waals surface area contributed by atoms with E-state index < -0.39 is 5.97 Å². The lowest BCUT2D eigenvalue weighted by molar-refractivity contribution is -0.134. The van der Waals surface area contributed by atoms with Crippen LogP contribution in [0.5, 0.6) is 0 Å². The van der Waals surface area contributed by atoms with Gasteiger partial charge < -0.3 is 14.7 Å². The predicted molar refractivity (Wildman–Crippen MR) is 95.0 cm³/mol. The van der Waals surface area contributed by atoms with Gasteiger partial charge in [-0.1, -0.05) is 27.4 Å². The molecule has 0 aromatic heterocycles. The molecule has 3 rings (SSSR count). The third kappa shape index (κ3) is 2.64. The molecule has 3 fully saturated rings. The zero-order chi connectivity index (χ0) is 18.4. The molecular weight excluding hydrogens is 318 g/mol. The van der Waals surface area contributed by atoms with Gasteiger partial charge in [-0.25, -0.2) is 4.79 Å². The number of rotatable bonds is 5. The highest BCUT2D eigenvalue weighted by Crippen LogP contribution is 2.69. The molecular formula is C20H29NO4. The van der Waals surface area contributed by atoms with Crippen molar-refractivity contribution in [3.63, 3.8) is 0 Å². The number of carbonyl (C=O) groups is 2. The third-order valence-corrected chi connectivity index (χ3v) is 7.37. The van der Waals surface area contributed by atoms with Crippen molar-refractivity contribution >= 4 is 11.8 Å². The van der Waals surface area contributed by atoms with Gasteiger partial charge in [0.25, 0.3) is 0 Å². The molecule has 5 nitrogen and oxygen atoms in total. The Morgan fingerprint density at radius 2 is 1.88 bits per heavy atom. The fourth-order valence-electron chi connectivity index (χ4n) is 5.40. The molecule has 0 radical (unpaired) electrons. The van der Waals surface area contributed by atoms with Crippen LogP contribution in [-0.4, -0.2) is 48.1 Å². The van der Waals surface area contributed by atoms with Crippen molar-refractivity contribution in [3.05, 3.63) is 23.9 Å². The van der Waals surface area contributed by atoms with Gasteiger partial charge in [-0.3, -0.25) is 4.79 Å². The quantitative estimate of drug-likeness (QED) is 0.775. The molecule has 2 bridgehead atoms. The highest BCUT2D eigenvalue weighted by atomic mass is 16.5. The Labute approximate surface area is 149 Å². The molecule has 0 aromatic carbocycles. The summed E-state index contributed by atoms with van der Waals surface area (Å²) >= 11 is 0. The van der Waals surface area contributed by atoms with Gasteiger partial charge in [0.05, 0.1) is 24.5 Å². The minimum absolute atomic E-state index is 0.0890. The Morgan fingerprint density at radius 1 is 1.24 bits per heavy atom. The largest absolute Gasteiger partial charge is 0.478 e. The smallest absolute Gasteiger partial charge is 0.334 e. The van der Waals surface area contributed by atoms with Crippen molar-refractivity contribution in [1.82, 2.24) is 4.90 Å². The topological polar surface area (TPSA) is 66.8 Å². The van der Waals surface area contributed by atoms with Crippen LogP contribution in [0.25, 0.3) is 0 Å². The van der Waals surface area contributed by atoms with E-state index in [9.17, 15) is 14.7 Å². The molecule has 3 aliphatic rings.